The average molecular weight is 302 g/mol. The van der Waals surface area contributed by atoms with E-state index < -0.39 is 0 Å². The quantitative estimate of drug-likeness (QED) is 0.544. The third-order valence-electron chi connectivity index (χ3n) is 2.73. The first-order valence-corrected chi connectivity index (χ1v) is 7.03. The largest absolute Gasteiger partial charge is 0.505 e. The number of aryl methyl sites for hydroxylation is 1. The molecule has 1 N–H and O–H groups in total. The summed E-state index contributed by atoms with van der Waals surface area (Å²) in [6.07, 6.45) is 0. The summed E-state index contributed by atoms with van der Waals surface area (Å²) in [5.41, 5.74) is 0.333. The van der Waals surface area contributed by atoms with Gasteiger partial charge in [-0.25, -0.2) is 4.98 Å². The third kappa shape index (κ3) is 2.37. The molecule has 0 bridgehead atoms. The van der Waals surface area contributed by atoms with E-state index >= 15 is 0 Å². The second-order valence-corrected chi connectivity index (χ2v) is 5.35. The Balaban J connectivity index is 2.09. The van der Waals surface area contributed by atoms with Crippen LogP contribution in [-0.4, -0.2) is 14.5 Å². The summed E-state index contributed by atoms with van der Waals surface area (Å²) in [5.74, 6) is 0.718. The maximum Gasteiger partial charge on any atom is 0.249 e. The van der Waals surface area contributed by atoms with Crippen molar-refractivity contribution >= 4 is 45.8 Å². The zero-order valence-corrected chi connectivity index (χ0v) is 12.2. The van der Waals surface area contributed by atoms with Gasteiger partial charge in [0.05, 0.1) is 0 Å². The average Bonchev–Trinajstić information content (AvgIpc) is 2.84. The predicted octanol–water partition coefficient (Wildman–Crippen LogP) is 4.41. The molecule has 2 aromatic carbocycles. The predicted molar refractivity (Wildman–Crippen MR) is 81.7 cm³/mol. The molecule has 3 aromatic rings. The molecule has 0 aliphatic heterocycles. The van der Waals surface area contributed by atoms with Crippen molar-refractivity contribution in [3.05, 3.63) is 36.2 Å². The number of nitrogens with zero attached hydrogens (tertiary/aromatic N) is 4. The molecule has 0 aliphatic carbocycles. The van der Waals surface area contributed by atoms with E-state index in [0.717, 1.165) is 16.9 Å². The van der Waals surface area contributed by atoms with Gasteiger partial charge in [0.15, 0.2) is 5.75 Å². The maximum absolute atomic E-state index is 10.3. The number of hydrogen-bond donors (Lipinski definition) is 2. The normalized spacial score (nSPS) is 11.5. The number of hydrogen-bond acceptors (Lipinski definition) is 7. The lowest BCUT2D eigenvalue weighted by atomic mass is 10.1. The second kappa shape index (κ2) is 5.18. The van der Waals surface area contributed by atoms with Gasteiger partial charge in [-0.2, -0.15) is 4.37 Å². The Morgan fingerprint density at radius 1 is 1.25 bits per heavy atom. The second-order valence-electron chi connectivity index (χ2n) is 4.14. The highest BCUT2D eigenvalue weighted by Gasteiger charge is 2.10. The molecule has 0 aliphatic rings. The molecule has 0 spiro atoms. The number of phenolic OH excluding ortho intramolecular Hbond substituents is 1. The summed E-state index contributed by atoms with van der Waals surface area (Å²) in [4.78, 5) is 4.65. The molecule has 0 saturated heterocycles. The summed E-state index contributed by atoms with van der Waals surface area (Å²) in [6.45, 7) is 1.78. The summed E-state index contributed by atoms with van der Waals surface area (Å²) in [7, 11) is 0. The Bertz CT molecular complexity index is 813. The zero-order chi connectivity index (χ0) is 14.1. The van der Waals surface area contributed by atoms with E-state index in [0.29, 0.717) is 26.9 Å². The van der Waals surface area contributed by atoms with E-state index in [1.807, 2.05) is 30.3 Å². The van der Waals surface area contributed by atoms with Crippen molar-refractivity contribution in [2.75, 3.05) is 0 Å². The number of benzene rings is 2. The van der Waals surface area contributed by atoms with Gasteiger partial charge in [-0.1, -0.05) is 24.3 Å². The molecule has 1 heterocycles. The van der Waals surface area contributed by atoms with E-state index in [2.05, 4.69) is 32.2 Å². The van der Waals surface area contributed by atoms with Crippen LogP contribution in [0.25, 0.3) is 10.8 Å². The van der Waals surface area contributed by atoms with Gasteiger partial charge in [-0.05, 0) is 18.4 Å². The van der Waals surface area contributed by atoms with Gasteiger partial charge in [-0.15, -0.1) is 22.9 Å². The molecule has 0 radical (unpaired) electrons. The van der Waals surface area contributed by atoms with Gasteiger partial charge in [0.2, 0.25) is 5.13 Å². The van der Waals surface area contributed by atoms with E-state index in [9.17, 15) is 5.11 Å². The van der Waals surface area contributed by atoms with Gasteiger partial charge < -0.3 is 5.11 Å². The van der Waals surface area contributed by atoms with Crippen molar-refractivity contribution in [1.82, 2.24) is 9.36 Å². The summed E-state index contributed by atoms with van der Waals surface area (Å²) >= 11 is 5.50. The van der Waals surface area contributed by atoms with Crippen LogP contribution in [0.15, 0.2) is 45.5 Å². The van der Waals surface area contributed by atoms with E-state index in [1.165, 1.54) is 0 Å². The molecule has 7 heteroatoms. The van der Waals surface area contributed by atoms with Crippen molar-refractivity contribution in [1.29, 1.82) is 0 Å². The highest BCUT2D eigenvalue weighted by molar-refractivity contribution is 7.80. The maximum atomic E-state index is 10.3. The van der Waals surface area contributed by atoms with E-state index in [1.54, 1.807) is 6.92 Å². The van der Waals surface area contributed by atoms with Gasteiger partial charge in [0, 0.05) is 21.8 Å². The number of azo groups is 1. The Morgan fingerprint density at radius 3 is 2.80 bits per heavy atom. The van der Waals surface area contributed by atoms with Crippen LogP contribution >= 0.6 is 24.2 Å². The van der Waals surface area contributed by atoms with Crippen LogP contribution in [0.1, 0.15) is 5.82 Å². The number of phenols is 1. The molecule has 20 heavy (non-hydrogen) atoms. The molecule has 0 amide bonds. The molecule has 1 aromatic heterocycles. The topological polar surface area (TPSA) is 70.7 Å². The number of fused-ring (bicyclic) bond motifs is 1. The van der Waals surface area contributed by atoms with Gasteiger partial charge in [0.25, 0.3) is 0 Å². The lowest BCUT2D eigenvalue weighted by Crippen LogP contribution is -1.77. The minimum Gasteiger partial charge on any atom is -0.505 e. The monoisotopic (exact) mass is 302 g/mol. The van der Waals surface area contributed by atoms with Crippen molar-refractivity contribution in [2.45, 2.75) is 11.8 Å². The minimum atomic E-state index is 0.0677. The van der Waals surface area contributed by atoms with Gasteiger partial charge in [0.1, 0.15) is 11.5 Å². The molecule has 0 fully saturated rings. The van der Waals surface area contributed by atoms with Crippen LogP contribution in [0.2, 0.25) is 0 Å². The third-order valence-corrected chi connectivity index (χ3v) is 3.76. The summed E-state index contributed by atoms with van der Waals surface area (Å²) < 4.78 is 4.02. The van der Waals surface area contributed by atoms with Crippen LogP contribution in [-0.2, 0) is 0 Å². The molecule has 0 saturated carbocycles. The number of aromatic nitrogens is 2. The Labute approximate surface area is 124 Å². The Morgan fingerprint density at radius 2 is 2.05 bits per heavy atom. The number of thiol groups is 1. The molecule has 3 rings (SSSR count). The van der Waals surface area contributed by atoms with Crippen molar-refractivity contribution in [3.8, 4) is 5.75 Å². The highest BCUT2D eigenvalue weighted by Crippen LogP contribution is 2.40. The smallest absolute Gasteiger partial charge is 0.249 e. The molecule has 100 valence electrons. The van der Waals surface area contributed by atoms with Crippen LogP contribution in [0, 0.1) is 6.92 Å². The highest BCUT2D eigenvalue weighted by atomic mass is 32.1. The van der Waals surface area contributed by atoms with Crippen LogP contribution < -0.4 is 0 Å². The molecule has 0 unspecified atom stereocenters. The SMILES string of the molecule is Cc1nsc(/N=N/c2c(S)cc3ccccc3c2O)n1. The number of rotatable bonds is 2. The number of aromatic hydroxyl groups is 1. The fourth-order valence-electron chi connectivity index (χ4n) is 1.82. The summed E-state index contributed by atoms with van der Waals surface area (Å²) in [5, 5.41) is 20.4. The van der Waals surface area contributed by atoms with E-state index in [-0.39, 0.29) is 5.75 Å². The van der Waals surface area contributed by atoms with Crippen LogP contribution in [0.5, 0.6) is 5.75 Å². The lowest BCUT2D eigenvalue weighted by molar-refractivity contribution is 0.481. The van der Waals surface area contributed by atoms with Crippen LogP contribution in [0.4, 0.5) is 10.8 Å². The molecule has 5 nitrogen and oxygen atoms in total. The first-order chi connectivity index (χ1) is 9.65. The van der Waals surface area contributed by atoms with Crippen molar-refractivity contribution in [2.24, 2.45) is 10.2 Å². The Kier molecular flexibility index (Phi) is 3.37. The molecule has 0 atom stereocenters. The fraction of sp³-hybridized carbons (Fsp3) is 0.0769. The molecular formula is C13H10N4OS2. The first kappa shape index (κ1) is 13.0. The van der Waals surface area contributed by atoms with Gasteiger partial charge >= 0.3 is 0 Å². The minimum absolute atomic E-state index is 0.0677. The van der Waals surface area contributed by atoms with Crippen molar-refractivity contribution < 1.29 is 5.11 Å². The summed E-state index contributed by atoms with van der Waals surface area (Å²) in [6, 6.07) is 9.34. The lowest BCUT2D eigenvalue weighted by Gasteiger charge is -2.06. The molecular weight excluding hydrogens is 292 g/mol. The Hall–Kier alpha value is -1.99. The van der Waals surface area contributed by atoms with Crippen molar-refractivity contribution in [3.63, 3.8) is 0 Å². The first-order valence-electron chi connectivity index (χ1n) is 5.81. The van der Waals surface area contributed by atoms with Crippen LogP contribution in [0.3, 0.4) is 0 Å². The standard InChI is InChI=1S/C13H10N4OS2/c1-7-14-13(20-17-7)16-15-11-10(19)6-8-4-2-3-5-9(8)12(11)18/h2-6,18-19H,1H3/b16-15+. The van der Waals surface area contributed by atoms with E-state index in [4.69, 9.17) is 0 Å². The van der Waals surface area contributed by atoms with Gasteiger partial charge in [-0.3, -0.25) is 0 Å². The zero-order valence-electron chi connectivity index (χ0n) is 10.5. The fourth-order valence-corrected chi connectivity index (χ4v) is 2.62.